The summed E-state index contributed by atoms with van der Waals surface area (Å²) in [6.45, 7) is 3.66. The van der Waals surface area contributed by atoms with Gasteiger partial charge in [0, 0.05) is 38.1 Å². The Balaban J connectivity index is 1.38. The summed E-state index contributed by atoms with van der Waals surface area (Å²) in [4.78, 5) is 53.3. The average molecular weight is 425 g/mol. The number of hydrogen-bond donors (Lipinski definition) is 2. The normalized spacial score (nSPS) is 26.3. The van der Waals surface area contributed by atoms with Gasteiger partial charge in [0.25, 0.3) is 11.8 Å². The minimum absolute atomic E-state index is 0.125. The van der Waals surface area contributed by atoms with E-state index in [1.807, 2.05) is 12.1 Å². The number of fused-ring (bicyclic) bond motifs is 1. The van der Waals surface area contributed by atoms with Crippen molar-refractivity contribution >= 4 is 23.6 Å². The predicted molar refractivity (Wildman–Crippen MR) is 112 cm³/mol. The second-order valence-corrected chi connectivity index (χ2v) is 9.21. The Morgan fingerprint density at radius 2 is 1.77 bits per heavy atom. The number of rotatable bonds is 3. The minimum atomic E-state index is -0.924. The summed E-state index contributed by atoms with van der Waals surface area (Å²) in [6, 6.07) is 4.54. The molecule has 0 aromatic heterocycles. The summed E-state index contributed by atoms with van der Waals surface area (Å²) >= 11 is 0. The number of benzene rings is 1. The number of imide groups is 2. The maximum atomic E-state index is 13.1. The highest BCUT2D eigenvalue weighted by molar-refractivity contribution is 6.23. The average Bonchev–Trinajstić information content (AvgIpc) is 3.01. The van der Waals surface area contributed by atoms with Crippen LogP contribution in [-0.2, 0) is 16.1 Å². The highest BCUT2D eigenvalue weighted by Gasteiger charge is 2.45. The predicted octanol–water partition coefficient (Wildman–Crippen LogP) is 1.20. The third-order valence-electron chi connectivity index (χ3n) is 7.35. The first-order valence-corrected chi connectivity index (χ1v) is 11.3. The van der Waals surface area contributed by atoms with Gasteiger partial charge in [-0.1, -0.05) is 25.3 Å². The molecule has 164 valence electrons. The third kappa shape index (κ3) is 3.47. The van der Waals surface area contributed by atoms with Crippen molar-refractivity contribution in [3.8, 4) is 0 Å². The lowest BCUT2D eigenvalue weighted by molar-refractivity contribution is -0.136. The van der Waals surface area contributed by atoms with Crippen LogP contribution in [0.25, 0.3) is 0 Å². The molecule has 3 fully saturated rings. The molecule has 1 spiro atoms. The van der Waals surface area contributed by atoms with E-state index in [1.165, 1.54) is 32.1 Å². The fraction of sp³-hybridized carbons (Fsp3) is 0.565. The zero-order chi connectivity index (χ0) is 21.6. The maximum Gasteiger partial charge on any atom is 0.262 e. The first-order chi connectivity index (χ1) is 15.0. The summed E-state index contributed by atoms with van der Waals surface area (Å²) in [5.41, 5.74) is 1.89. The van der Waals surface area contributed by atoms with Crippen molar-refractivity contribution in [1.29, 1.82) is 0 Å². The fourth-order valence-electron chi connectivity index (χ4n) is 5.67. The summed E-state index contributed by atoms with van der Waals surface area (Å²) < 4.78 is 0. The minimum Gasteiger partial charge on any atom is -0.314 e. The van der Waals surface area contributed by atoms with Crippen molar-refractivity contribution in [2.45, 2.75) is 63.1 Å². The van der Waals surface area contributed by atoms with E-state index < -0.39 is 23.8 Å². The van der Waals surface area contributed by atoms with Crippen molar-refractivity contribution in [2.24, 2.45) is 0 Å². The topological polar surface area (TPSA) is 98.8 Å². The second-order valence-electron chi connectivity index (χ2n) is 9.21. The molecule has 5 rings (SSSR count). The van der Waals surface area contributed by atoms with Crippen molar-refractivity contribution in [2.75, 3.05) is 19.6 Å². The smallest absolute Gasteiger partial charge is 0.262 e. The molecule has 2 saturated heterocycles. The van der Waals surface area contributed by atoms with E-state index in [-0.39, 0.29) is 24.3 Å². The van der Waals surface area contributed by atoms with E-state index in [0.717, 1.165) is 36.6 Å². The van der Waals surface area contributed by atoms with Crippen LogP contribution in [0.15, 0.2) is 18.2 Å². The van der Waals surface area contributed by atoms with Crippen LogP contribution < -0.4 is 10.6 Å². The SMILES string of the molecule is O=C1CCC(N2C(=O)c3ccc(CN4CCNCC45CCCCC5)cc3C2=O)C(=O)N1. The number of carbonyl (C=O) groups excluding carboxylic acids is 4. The van der Waals surface area contributed by atoms with Crippen LogP contribution in [0.4, 0.5) is 0 Å². The first-order valence-electron chi connectivity index (χ1n) is 11.3. The summed E-state index contributed by atoms with van der Waals surface area (Å²) in [5.74, 6) is -1.84. The summed E-state index contributed by atoms with van der Waals surface area (Å²) in [7, 11) is 0. The number of nitrogens with zero attached hydrogens (tertiary/aromatic N) is 2. The quantitative estimate of drug-likeness (QED) is 0.708. The molecule has 31 heavy (non-hydrogen) atoms. The van der Waals surface area contributed by atoms with Crippen molar-refractivity contribution in [3.63, 3.8) is 0 Å². The molecule has 4 aliphatic rings. The monoisotopic (exact) mass is 424 g/mol. The molecule has 0 radical (unpaired) electrons. The summed E-state index contributed by atoms with van der Waals surface area (Å²) in [5, 5.41) is 5.79. The number of piperidine rings is 1. The Kier molecular flexibility index (Phi) is 5.14. The van der Waals surface area contributed by atoms with Gasteiger partial charge < -0.3 is 5.32 Å². The lowest BCUT2D eigenvalue weighted by atomic mass is 9.79. The maximum absolute atomic E-state index is 13.1. The molecule has 8 nitrogen and oxygen atoms in total. The summed E-state index contributed by atoms with van der Waals surface area (Å²) in [6.07, 6.45) is 6.46. The number of piperazine rings is 1. The van der Waals surface area contributed by atoms with Gasteiger partial charge in [-0.3, -0.25) is 34.3 Å². The second kappa shape index (κ2) is 7.84. The standard InChI is InChI=1S/C23H28N4O4/c28-19-7-6-18(20(29)25-19)27-21(30)16-5-4-15(12-17(16)22(27)31)13-26-11-10-24-14-23(26)8-2-1-3-9-23/h4-5,12,18,24H,1-3,6-11,13-14H2,(H,25,28,29). The van der Waals surface area contributed by atoms with Crippen molar-refractivity contribution in [1.82, 2.24) is 20.4 Å². The Labute approximate surface area is 181 Å². The van der Waals surface area contributed by atoms with Crippen molar-refractivity contribution in [3.05, 3.63) is 34.9 Å². The molecular formula is C23H28N4O4. The molecule has 0 bridgehead atoms. The molecule has 3 heterocycles. The van der Waals surface area contributed by atoms with Crippen LogP contribution in [0.1, 0.15) is 71.2 Å². The van der Waals surface area contributed by atoms with Gasteiger partial charge in [-0.25, -0.2) is 0 Å². The van der Waals surface area contributed by atoms with Gasteiger partial charge in [-0.15, -0.1) is 0 Å². The lowest BCUT2D eigenvalue weighted by Gasteiger charge is -2.50. The number of nitrogens with one attached hydrogen (secondary N) is 2. The molecule has 1 unspecified atom stereocenters. The van der Waals surface area contributed by atoms with Crippen LogP contribution in [0.5, 0.6) is 0 Å². The number of hydrogen-bond acceptors (Lipinski definition) is 6. The lowest BCUT2D eigenvalue weighted by Crippen LogP contribution is -2.61. The molecule has 3 aliphatic heterocycles. The van der Waals surface area contributed by atoms with Crippen LogP contribution in [-0.4, -0.2) is 64.6 Å². The molecule has 1 aromatic carbocycles. The third-order valence-corrected chi connectivity index (χ3v) is 7.35. The zero-order valence-electron chi connectivity index (χ0n) is 17.6. The highest BCUT2D eigenvalue weighted by atomic mass is 16.2. The molecule has 4 amide bonds. The largest absolute Gasteiger partial charge is 0.314 e. The van der Waals surface area contributed by atoms with E-state index in [2.05, 4.69) is 15.5 Å². The molecule has 1 saturated carbocycles. The van der Waals surface area contributed by atoms with Gasteiger partial charge in [0.1, 0.15) is 6.04 Å². The van der Waals surface area contributed by atoms with Gasteiger partial charge in [0.05, 0.1) is 11.1 Å². The Bertz CT molecular complexity index is 945. The van der Waals surface area contributed by atoms with Crippen LogP contribution in [0.2, 0.25) is 0 Å². The van der Waals surface area contributed by atoms with Gasteiger partial charge in [0.15, 0.2) is 0 Å². The van der Waals surface area contributed by atoms with Gasteiger partial charge in [-0.2, -0.15) is 0 Å². The van der Waals surface area contributed by atoms with Crippen LogP contribution in [0, 0.1) is 0 Å². The van der Waals surface area contributed by atoms with E-state index in [0.29, 0.717) is 11.1 Å². The van der Waals surface area contributed by atoms with E-state index in [4.69, 9.17) is 0 Å². The van der Waals surface area contributed by atoms with Crippen LogP contribution in [0.3, 0.4) is 0 Å². The molecule has 1 atom stereocenters. The van der Waals surface area contributed by atoms with E-state index in [9.17, 15) is 19.2 Å². The van der Waals surface area contributed by atoms with Gasteiger partial charge >= 0.3 is 0 Å². The Morgan fingerprint density at radius 3 is 2.55 bits per heavy atom. The molecule has 1 aromatic rings. The zero-order valence-corrected chi connectivity index (χ0v) is 17.6. The Morgan fingerprint density at radius 1 is 1.00 bits per heavy atom. The van der Waals surface area contributed by atoms with Gasteiger partial charge in [-0.05, 0) is 37.0 Å². The molecule has 2 N–H and O–H groups in total. The van der Waals surface area contributed by atoms with Crippen molar-refractivity contribution < 1.29 is 19.2 Å². The van der Waals surface area contributed by atoms with E-state index in [1.54, 1.807) is 6.07 Å². The molecule has 1 aliphatic carbocycles. The Hall–Kier alpha value is -2.58. The first kappa shape index (κ1) is 20.3. The highest BCUT2D eigenvalue weighted by Crippen LogP contribution is 2.36. The molecular weight excluding hydrogens is 396 g/mol. The van der Waals surface area contributed by atoms with E-state index >= 15 is 0 Å². The fourth-order valence-corrected chi connectivity index (χ4v) is 5.67. The number of amides is 4. The number of carbonyl (C=O) groups is 4. The molecule has 8 heteroatoms. The van der Waals surface area contributed by atoms with Crippen LogP contribution >= 0.6 is 0 Å². The van der Waals surface area contributed by atoms with Gasteiger partial charge in [0.2, 0.25) is 11.8 Å².